The third-order valence-corrected chi connectivity index (χ3v) is 1.63. The van der Waals surface area contributed by atoms with Crippen LogP contribution in [0.1, 0.15) is 40.0 Å². The first-order valence-electron chi connectivity index (χ1n) is 4.23. The Kier molecular flexibility index (Phi) is 5.93. The zero-order valence-electron chi connectivity index (χ0n) is 7.65. The second kappa shape index (κ2) is 6.22. The van der Waals surface area contributed by atoms with Crippen molar-refractivity contribution in [3.8, 4) is 11.8 Å². The highest BCUT2D eigenvalue weighted by Crippen LogP contribution is 2.09. The third-order valence-electron chi connectivity index (χ3n) is 1.63. The quantitative estimate of drug-likeness (QED) is 0.548. The average molecular weight is 156 g/mol. The molecule has 2 unspecified atom stereocenters. The predicted molar refractivity (Wildman–Crippen MR) is 47.0 cm³/mol. The van der Waals surface area contributed by atoms with Crippen LogP contribution >= 0.6 is 0 Å². The first-order chi connectivity index (χ1) is 5.16. The first kappa shape index (κ1) is 10.5. The summed E-state index contributed by atoms with van der Waals surface area (Å²) in [5.41, 5.74) is 0. The van der Waals surface area contributed by atoms with Crippen LogP contribution in [0.25, 0.3) is 0 Å². The molecule has 0 bridgehead atoms. The van der Waals surface area contributed by atoms with Gasteiger partial charge in [-0.1, -0.05) is 6.92 Å². The fraction of sp³-hybridized carbons (Fsp3) is 0.800. The molecule has 0 aromatic heterocycles. The molecule has 0 aromatic carbocycles. The van der Waals surface area contributed by atoms with Crippen molar-refractivity contribution in [2.24, 2.45) is 5.92 Å². The minimum atomic E-state index is -0.656. The summed E-state index contributed by atoms with van der Waals surface area (Å²) in [6.07, 6.45) is 2.00. The largest absolute Gasteiger partial charge is 0.248 e. The van der Waals surface area contributed by atoms with Crippen molar-refractivity contribution in [1.29, 1.82) is 0 Å². The van der Waals surface area contributed by atoms with Gasteiger partial charge in [0.2, 0.25) is 0 Å². The van der Waals surface area contributed by atoms with E-state index >= 15 is 0 Å². The minimum absolute atomic E-state index is 0.429. The Bertz CT molecular complexity index is 139. The highest BCUT2D eigenvalue weighted by atomic mass is 19.1. The smallest absolute Gasteiger partial charge is 0.0973 e. The number of hydrogen-bond donors (Lipinski definition) is 0. The molecule has 0 saturated heterocycles. The second-order valence-corrected chi connectivity index (χ2v) is 3.01. The molecule has 0 rings (SSSR count). The van der Waals surface area contributed by atoms with Crippen LogP contribution in [0.5, 0.6) is 0 Å². The van der Waals surface area contributed by atoms with Gasteiger partial charge in [-0.2, -0.15) is 0 Å². The number of rotatable bonds is 4. The molecule has 1 heteroatoms. The van der Waals surface area contributed by atoms with Crippen LogP contribution in [0.2, 0.25) is 0 Å². The van der Waals surface area contributed by atoms with Crippen LogP contribution in [0.15, 0.2) is 0 Å². The van der Waals surface area contributed by atoms with E-state index in [9.17, 15) is 4.39 Å². The van der Waals surface area contributed by atoms with Gasteiger partial charge < -0.3 is 0 Å². The fourth-order valence-electron chi connectivity index (χ4n) is 1.02. The average Bonchev–Trinajstić information content (AvgIpc) is 1.87. The van der Waals surface area contributed by atoms with Crippen LogP contribution in [0.4, 0.5) is 4.39 Å². The predicted octanol–water partition coefficient (Wildman–Crippen LogP) is 3.17. The van der Waals surface area contributed by atoms with E-state index in [2.05, 4.69) is 18.8 Å². The van der Waals surface area contributed by atoms with E-state index in [1.54, 1.807) is 6.92 Å². The lowest BCUT2D eigenvalue weighted by Gasteiger charge is -2.03. The van der Waals surface area contributed by atoms with Gasteiger partial charge in [-0.05, 0) is 33.1 Å². The summed E-state index contributed by atoms with van der Waals surface area (Å²) in [6.45, 7) is 5.53. The summed E-state index contributed by atoms with van der Waals surface area (Å²) in [4.78, 5) is 0. The van der Waals surface area contributed by atoms with Crippen molar-refractivity contribution >= 4 is 0 Å². The van der Waals surface area contributed by atoms with Gasteiger partial charge in [0.05, 0.1) is 6.17 Å². The van der Waals surface area contributed by atoms with E-state index < -0.39 is 6.17 Å². The molecule has 0 N–H and O–H groups in total. The van der Waals surface area contributed by atoms with Gasteiger partial charge in [0.15, 0.2) is 0 Å². The van der Waals surface area contributed by atoms with Crippen LogP contribution in [-0.2, 0) is 0 Å². The molecule has 0 aliphatic heterocycles. The first-order valence-corrected chi connectivity index (χ1v) is 4.23. The number of alkyl halides is 1. The van der Waals surface area contributed by atoms with E-state index in [4.69, 9.17) is 0 Å². The molecule has 0 saturated carbocycles. The Morgan fingerprint density at radius 1 is 1.27 bits per heavy atom. The van der Waals surface area contributed by atoms with Crippen molar-refractivity contribution in [2.75, 3.05) is 0 Å². The van der Waals surface area contributed by atoms with E-state index in [0.717, 1.165) is 12.8 Å². The Morgan fingerprint density at radius 2 is 1.91 bits per heavy atom. The highest BCUT2D eigenvalue weighted by molar-refractivity contribution is 4.98. The summed E-state index contributed by atoms with van der Waals surface area (Å²) in [5, 5.41) is 0. The molecule has 0 spiro atoms. The lowest BCUT2D eigenvalue weighted by Crippen LogP contribution is -1.95. The molecule has 64 valence electrons. The molecule has 0 radical (unpaired) electrons. The molecule has 0 heterocycles. The molecule has 0 amide bonds. The molecule has 0 aromatic rings. The molecule has 0 aliphatic carbocycles. The van der Waals surface area contributed by atoms with Gasteiger partial charge >= 0.3 is 0 Å². The minimum Gasteiger partial charge on any atom is -0.248 e. The Balaban J connectivity index is 3.29. The fourth-order valence-corrected chi connectivity index (χ4v) is 1.02. The molecule has 0 fully saturated rings. The summed E-state index contributed by atoms with van der Waals surface area (Å²) in [7, 11) is 0. The summed E-state index contributed by atoms with van der Waals surface area (Å²) >= 11 is 0. The van der Waals surface area contributed by atoms with E-state index in [0.29, 0.717) is 12.3 Å². The maximum Gasteiger partial charge on any atom is 0.0973 e. The third kappa shape index (κ3) is 7.39. The zero-order chi connectivity index (χ0) is 8.69. The molecular weight excluding hydrogens is 139 g/mol. The summed E-state index contributed by atoms with van der Waals surface area (Å²) in [5.74, 6) is 6.34. The van der Waals surface area contributed by atoms with Crippen molar-refractivity contribution in [3.63, 3.8) is 0 Å². The Labute approximate surface area is 69.2 Å². The zero-order valence-corrected chi connectivity index (χ0v) is 7.65. The second-order valence-electron chi connectivity index (χ2n) is 3.01. The molecule has 0 aliphatic rings. The maximum atomic E-state index is 12.3. The van der Waals surface area contributed by atoms with Gasteiger partial charge in [-0.25, -0.2) is 4.39 Å². The van der Waals surface area contributed by atoms with Crippen LogP contribution in [0.3, 0.4) is 0 Å². The van der Waals surface area contributed by atoms with Crippen molar-refractivity contribution in [2.45, 2.75) is 46.2 Å². The highest BCUT2D eigenvalue weighted by Gasteiger charge is 2.00. The summed E-state index contributed by atoms with van der Waals surface area (Å²) in [6, 6.07) is 0. The van der Waals surface area contributed by atoms with Crippen molar-refractivity contribution in [1.82, 2.24) is 0 Å². The molecule has 11 heavy (non-hydrogen) atoms. The van der Waals surface area contributed by atoms with E-state index in [-0.39, 0.29) is 0 Å². The standard InChI is InChI=1S/C10H17F/c1-4-6-9(2)7-5-8-10(3)11/h9-10H,5,7-8H2,1-3H3. The van der Waals surface area contributed by atoms with Crippen LogP contribution in [-0.4, -0.2) is 6.17 Å². The van der Waals surface area contributed by atoms with Gasteiger partial charge in [0.25, 0.3) is 0 Å². The number of hydrogen-bond acceptors (Lipinski definition) is 0. The monoisotopic (exact) mass is 156 g/mol. The maximum absolute atomic E-state index is 12.3. The summed E-state index contributed by atoms with van der Waals surface area (Å²) < 4.78 is 12.3. The van der Waals surface area contributed by atoms with Gasteiger partial charge in [0, 0.05) is 5.92 Å². The molecular formula is C10H17F. The van der Waals surface area contributed by atoms with Crippen LogP contribution < -0.4 is 0 Å². The molecule has 2 atom stereocenters. The SMILES string of the molecule is CC#CC(C)CCCC(C)F. The normalized spacial score (nSPS) is 14.9. The molecule has 0 nitrogen and oxygen atoms in total. The Morgan fingerprint density at radius 3 is 2.36 bits per heavy atom. The Hall–Kier alpha value is -0.510. The van der Waals surface area contributed by atoms with Gasteiger partial charge in [-0.3, -0.25) is 0 Å². The number of halogens is 1. The van der Waals surface area contributed by atoms with Crippen molar-refractivity contribution < 1.29 is 4.39 Å². The van der Waals surface area contributed by atoms with Gasteiger partial charge in [-0.15, -0.1) is 11.8 Å². The van der Waals surface area contributed by atoms with Gasteiger partial charge in [0.1, 0.15) is 0 Å². The lowest BCUT2D eigenvalue weighted by atomic mass is 10.0. The topological polar surface area (TPSA) is 0 Å². The van der Waals surface area contributed by atoms with Crippen LogP contribution in [0, 0.1) is 17.8 Å². The van der Waals surface area contributed by atoms with E-state index in [1.807, 2.05) is 6.92 Å². The van der Waals surface area contributed by atoms with Crippen molar-refractivity contribution in [3.05, 3.63) is 0 Å². The van der Waals surface area contributed by atoms with E-state index in [1.165, 1.54) is 0 Å². The lowest BCUT2D eigenvalue weighted by molar-refractivity contribution is 0.327.